The van der Waals surface area contributed by atoms with Crippen molar-refractivity contribution in [3.63, 3.8) is 0 Å². The molecule has 1 aromatic heterocycles. The quantitative estimate of drug-likeness (QED) is 0.908. The van der Waals surface area contributed by atoms with Crippen LogP contribution in [0.15, 0.2) is 36.7 Å². The van der Waals surface area contributed by atoms with E-state index in [0.717, 1.165) is 18.3 Å². The van der Waals surface area contributed by atoms with Crippen molar-refractivity contribution in [3.05, 3.63) is 65.2 Å². The van der Waals surface area contributed by atoms with Crippen molar-refractivity contribution in [2.45, 2.75) is 6.04 Å². The van der Waals surface area contributed by atoms with E-state index in [2.05, 4.69) is 10.3 Å². The highest BCUT2D eigenvalue weighted by Gasteiger charge is 2.15. The van der Waals surface area contributed by atoms with E-state index < -0.39 is 23.5 Å². The summed E-state index contributed by atoms with van der Waals surface area (Å²) in [6.07, 6.45) is 2.56. The van der Waals surface area contributed by atoms with Crippen LogP contribution in [0.25, 0.3) is 0 Å². The lowest BCUT2D eigenvalue weighted by molar-refractivity contribution is 0.504. The first kappa shape index (κ1) is 12.6. The van der Waals surface area contributed by atoms with Gasteiger partial charge in [-0.3, -0.25) is 4.98 Å². The van der Waals surface area contributed by atoms with Crippen LogP contribution in [0, 0.1) is 17.5 Å². The van der Waals surface area contributed by atoms with Gasteiger partial charge in [-0.25, -0.2) is 13.2 Å². The number of pyridine rings is 1. The molecule has 0 fully saturated rings. The maximum atomic E-state index is 13.2. The highest BCUT2D eigenvalue weighted by molar-refractivity contribution is 5.30. The summed E-state index contributed by atoms with van der Waals surface area (Å²) in [4.78, 5) is 3.74. The molecule has 1 heterocycles. The molecule has 0 aliphatic carbocycles. The van der Waals surface area contributed by atoms with Crippen molar-refractivity contribution in [2.24, 2.45) is 0 Å². The summed E-state index contributed by atoms with van der Waals surface area (Å²) in [5, 5.41) is 2.91. The van der Waals surface area contributed by atoms with Crippen LogP contribution < -0.4 is 5.32 Å². The Morgan fingerprint density at radius 3 is 2.39 bits per heavy atom. The maximum Gasteiger partial charge on any atom is 0.159 e. The number of nitrogens with one attached hydrogen (secondary N) is 1. The number of halogens is 3. The predicted octanol–water partition coefficient (Wildman–Crippen LogP) is 2.81. The van der Waals surface area contributed by atoms with Crippen LogP contribution in [0.3, 0.4) is 0 Å². The lowest BCUT2D eigenvalue weighted by Gasteiger charge is -2.17. The molecule has 1 N–H and O–H groups in total. The molecule has 1 unspecified atom stereocenters. The van der Waals surface area contributed by atoms with Crippen molar-refractivity contribution in [1.82, 2.24) is 10.3 Å². The van der Waals surface area contributed by atoms with Gasteiger partial charge < -0.3 is 5.32 Å². The number of benzene rings is 1. The number of rotatable bonds is 3. The SMILES string of the molecule is CNC(c1cncc(F)c1)c1ccc(F)c(F)c1. The fraction of sp³-hybridized carbons (Fsp3) is 0.154. The lowest BCUT2D eigenvalue weighted by atomic mass is 10.00. The highest BCUT2D eigenvalue weighted by Crippen LogP contribution is 2.23. The third-order valence-electron chi connectivity index (χ3n) is 2.63. The molecule has 0 bridgehead atoms. The van der Waals surface area contributed by atoms with Gasteiger partial charge in [-0.05, 0) is 36.4 Å². The van der Waals surface area contributed by atoms with Gasteiger partial charge in [0.25, 0.3) is 0 Å². The van der Waals surface area contributed by atoms with Crippen molar-refractivity contribution < 1.29 is 13.2 Å². The van der Waals surface area contributed by atoms with E-state index in [1.165, 1.54) is 18.3 Å². The first-order valence-electron chi connectivity index (χ1n) is 5.34. The normalized spacial score (nSPS) is 12.4. The van der Waals surface area contributed by atoms with Gasteiger partial charge in [0, 0.05) is 6.20 Å². The average Bonchev–Trinajstić information content (AvgIpc) is 2.35. The average molecular weight is 252 g/mol. The first-order chi connectivity index (χ1) is 8.61. The van der Waals surface area contributed by atoms with Crippen LogP contribution in [-0.2, 0) is 0 Å². The molecule has 1 aromatic carbocycles. The number of nitrogens with zero attached hydrogens (tertiary/aromatic N) is 1. The topological polar surface area (TPSA) is 24.9 Å². The molecule has 2 aromatic rings. The summed E-state index contributed by atoms with van der Waals surface area (Å²) >= 11 is 0. The fourth-order valence-corrected chi connectivity index (χ4v) is 1.80. The molecule has 0 aliphatic heterocycles. The Morgan fingerprint density at radius 2 is 1.78 bits per heavy atom. The summed E-state index contributed by atoms with van der Waals surface area (Å²) < 4.78 is 39.1. The minimum Gasteiger partial charge on any atom is -0.309 e. The van der Waals surface area contributed by atoms with Gasteiger partial charge in [0.1, 0.15) is 5.82 Å². The van der Waals surface area contributed by atoms with Gasteiger partial charge in [-0.15, -0.1) is 0 Å². The second kappa shape index (κ2) is 5.18. The summed E-state index contributed by atoms with van der Waals surface area (Å²) in [5.74, 6) is -2.32. The molecule has 18 heavy (non-hydrogen) atoms. The second-order valence-corrected chi connectivity index (χ2v) is 3.83. The van der Waals surface area contributed by atoms with Gasteiger partial charge in [-0.2, -0.15) is 0 Å². The summed E-state index contributed by atoms with van der Waals surface area (Å²) in [6.45, 7) is 0. The van der Waals surface area contributed by atoms with E-state index in [1.54, 1.807) is 7.05 Å². The van der Waals surface area contributed by atoms with Crippen LogP contribution in [0.5, 0.6) is 0 Å². The Morgan fingerprint density at radius 1 is 1.00 bits per heavy atom. The monoisotopic (exact) mass is 252 g/mol. The Kier molecular flexibility index (Phi) is 3.62. The molecule has 1 atom stereocenters. The highest BCUT2D eigenvalue weighted by atomic mass is 19.2. The smallest absolute Gasteiger partial charge is 0.159 e. The van der Waals surface area contributed by atoms with Crippen LogP contribution in [0.2, 0.25) is 0 Å². The molecule has 0 aliphatic rings. The van der Waals surface area contributed by atoms with E-state index in [0.29, 0.717) is 11.1 Å². The molecular weight excluding hydrogens is 241 g/mol. The zero-order valence-corrected chi connectivity index (χ0v) is 9.62. The van der Waals surface area contributed by atoms with E-state index in [-0.39, 0.29) is 0 Å². The van der Waals surface area contributed by atoms with Gasteiger partial charge in [0.2, 0.25) is 0 Å². The maximum absolute atomic E-state index is 13.2. The second-order valence-electron chi connectivity index (χ2n) is 3.83. The molecule has 0 radical (unpaired) electrons. The van der Waals surface area contributed by atoms with E-state index >= 15 is 0 Å². The number of hydrogen-bond donors (Lipinski definition) is 1. The molecule has 0 spiro atoms. The van der Waals surface area contributed by atoms with E-state index in [9.17, 15) is 13.2 Å². The zero-order valence-electron chi connectivity index (χ0n) is 9.62. The number of hydrogen-bond acceptors (Lipinski definition) is 2. The molecule has 2 nitrogen and oxygen atoms in total. The molecule has 0 saturated heterocycles. The Balaban J connectivity index is 2.42. The fourth-order valence-electron chi connectivity index (χ4n) is 1.80. The van der Waals surface area contributed by atoms with Gasteiger partial charge in [-0.1, -0.05) is 6.07 Å². The molecular formula is C13H11F3N2. The third kappa shape index (κ3) is 2.51. The van der Waals surface area contributed by atoms with E-state index in [1.807, 2.05) is 0 Å². The van der Waals surface area contributed by atoms with Gasteiger partial charge in [0.05, 0.1) is 12.2 Å². The first-order valence-corrected chi connectivity index (χ1v) is 5.34. The van der Waals surface area contributed by atoms with Crippen molar-refractivity contribution in [3.8, 4) is 0 Å². The molecule has 5 heteroatoms. The summed E-state index contributed by atoms with van der Waals surface area (Å²) in [6, 6.07) is 4.44. The Labute approximate surface area is 102 Å². The van der Waals surface area contributed by atoms with Gasteiger partial charge >= 0.3 is 0 Å². The van der Waals surface area contributed by atoms with Crippen molar-refractivity contribution in [2.75, 3.05) is 7.05 Å². The van der Waals surface area contributed by atoms with Crippen LogP contribution >= 0.6 is 0 Å². The zero-order chi connectivity index (χ0) is 13.1. The minimum absolute atomic E-state index is 0.441. The Bertz CT molecular complexity index is 558. The third-order valence-corrected chi connectivity index (χ3v) is 2.63. The molecule has 94 valence electrons. The molecule has 2 rings (SSSR count). The summed E-state index contributed by atoms with van der Waals surface area (Å²) in [5.41, 5.74) is 1.05. The van der Waals surface area contributed by atoms with Crippen LogP contribution in [-0.4, -0.2) is 12.0 Å². The Hall–Kier alpha value is -1.88. The van der Waals surface area contributed by atoms with E-state index in [4.69, 9.17) is 0 Å². The standard InChI is InChI=1S/C13H11F3N2/c1-17-13(9-4-10(14)7-18-6-9)8-2-3-11(15)12(16)5-8/h2-7,13,17H,1H3. The lowest BCUT2D eigenvalue weighted by Crippen LogP contribution is -2.18. The molecule has 0 saturated carbocycles. The van der Waals surface area contributed by atoms with Crippen molar-refractivity contribution in [1.29, 1.82) is 0 Å². The molecule has 0 amide bonds. The van der Waals surface area contributed by atoms with Crippen LogP contribution in [0.1, 0.15) is 17.2 Å². The van der Waals surface area contributed by atoms with Crippen LogP contribution in [0.4, 0.5) is 13.2 Å². The van der Waals surface area contributed by atoms with Gasteiger partial charge in [0.15, 0.2) is 11.6 Å². The number of aromatic nitrogens is 1. The largest absolute Gasteiger partial charge is 0.309 e. The summed E-state index contributed by atoms with van der Waals surface area (Å²) in [7, 11) is 1.65. The predicted molar refractivity (Wildman–Crippen MR) is 61.5 cm³/mol. The minimum atomic E-state index is -0.933. The van der Waals surface area contributed by atoms with Crippen molar-refractivity contribution >= 4 is 0 Å².